The van der Waals surface area contributed by atoms with Crippen LogP contribution in [0.15, 0.2) is 0 Å². The van der Waals surface area contributed by atoms with Crippen LogP contribution < -0.4 is 10.6 Å². The van der Waals surface area contributed by atoms with Crippen molar-refractivity contribution < 1.29 is 0 Å². The number of fused-ring (bicyclic) bond motifs is 2. The molecule has 0 amide bonds. The molecule has 11 heavy (non-hydrogen) atoms. The Morgan fingerprint density at radius 1 is 0.818 bits per heavy atom. The highest BCUT2D eigenvalue weighted by molar-refractivity contribution is 5.00. The normalized spacial score (nSPS) is 48.5. The second-order valence-corrected chi connectivity index (χ2v) is 4.02. The van der Waals surface area contributed by atoms with E-state index in [0.717, 1.165) is 23.9 Å². The van der Waals surface area contributed by atoms with Gasteiger partial charge in [0.15, 0.2) is 0 Å². The second kappa shape index (κ2) is 2.76. The van der Waals surface area contributed by atoms with Gasteiger partial charge in [-0.3, -0.25) is 0 Å². The molecule has 2 saturated carbocycles. The SMILES string of the molecule is CNC1CC2CC1CC2NC. The maximum atomic E-state index is 3.41. The van der Waals surface area contributed by atoms with E-state index in [9.17, 15) is 0 Å². The molecule has 0 aliphatic heterocycles. The highest BCUT2D eigenvalue weighted by Gasteiger charge is 2.44. The maximum absolute atomic E-state index is 3.41. The molecule has 2 heteroatoms. The van der Waals surface area contributed by atoms with E-state index < -0.39 is 0 Å². The molecule has 2 N–H and O–H groups in total. The zero-order valence-corrected chi connectivity index (χ0v) is 7.43. The molecule has 0 aromatic carbocycles. The summed E-state index contributed by atoms with van der Waals surface area (Å²) in [4.78, 5) is 0. The van der Waals surface area contributed by atoms with Gasteiger partial charge in [-0.25, -0.2) is 0 Å². The second-order valence-electron chi connectivity index (χ2n) is 4.02. The molecule has 64 valence electrons. The van der Waals surface area contributed by atoms with Gasteiger partial charge in [0.05, 0.1) is 0 Å². The van der Waals surface area contributed by atoms with E-state index in [4.69, 9.17) is 0 Å². The number of rotatable bonds is 2. The zero-order chi connectivity index (χ0) is 7.84. The van der Waals surface area contributed by atoms with Crippen LogP contribution in [0.2, 0.25) is 0 Å². The van der Waals surface area contributed by atoms with Gasteiger partial charge in [-0.1, -0.05) is 0 Å². The van der Waals surface area contributed by atoms with Gasteiger partial charge in [0.2, 0.25) is 0 Å². The number of hydrogen-bond donors (Lipinski definition) is 2. The van der Waals surface area contributed by atoms with Crippen LogP contribution in [0.4, 0.5) is 0 Å². The van der Waals surface area contributed by atoms with E-state index in [1.165, 1.54) is 19.3 Å². The van der Waals surface area contributed by atoms with E-state index in [-0.39, 0.29) is 0 Å². The summed E-state index contributed by atoms with van der Waals surface area (Å²) < 4.78 is 0. The highest BCUT2D eigenvalue weighted by atomic mass is 15.0. The summed E-state index contributed by atoms with van der Waals surface area (Å²) >= 11 is 0. The minimum Gasteiger partial charge on any atom is -0.317 e. The fraction of sp³-hybridized carbons (Fsp3) is 1.00. The van der Waals surface area contributed by atoms with Crippen LogP contribution in [-0.2, 0) is 0 Å². The van der Waals surface area contributed by atoms with Crippen molar-refractivity contribution in [3.63, 3.8) is 0 Å². The molecule has 2 rings (SSSR count). The zero-order valence-electron chi connectivity index (χ0n) is 7.43. The van der Waals surface area contributed by atoms with E-state index in [1.807, 2.05) is 0 Å². The van der Waals surface area contributed by atoms with Crippen molar-refractivity contribution in [3.8, 4) is 0 Å². The molecule has 0 saturated heterocycles. The minimum absolute atomic E-state index is 0.824. The number of nitrogens with one attached hydrogen (secondary N) is 2. The molecule has 4 unspecified atom stereocenters. The Labute approximate surface area is 68.7 Å². The third-order valence-corrected chi connectivity index (χ3v) is 3.60. The monoisotopic (exact) mass is 154 g/mol. The fourth-order valence-electron chi connectivity index (χ4n) is 2.98. The van der Waals surface area contributed by atoms with Gasteiger partial charge in [0.25, 0.3) is 0 Å². The topological polar surface area (TPSA) is 24.1 Å². The molecule has 2 fully saturated rings. The van der Waals surface area contributed by atoms with Crippen molar-refractivity contribution in [1.82, 2.24) is 10.6 Å². The Hall–Kier alpha value is -0.0800. The van der Waals surface area contributed by atoms with Gasteiger partial charge in [0.1, 0.15) is 0 Å². The lowest BCUT2D eigenvalue weighted by Crippen LogP contribution is -2.39. The summed E-state index contributed by atoms with van der Waals surface area (Å²) in [6.45, 7) is 0. The van der Waals surface area contributed by atoms with Crippen LogP contribution >= 0.6 is 0 Å². The first-order valence-corrected chi connectivity index (χ1v) is 4.69. The first-order chi connectivity index (χ1) is 5.35. The van der Waals surface area contributed by atoms with E-state index >= 15 is 0 Å². The molecule has 2 aliphatic rings. The molecule has 2 bridgehead atoms. The summed E-state index contributed by atoms with van der Waals surface area (Å²) in [7, 11) is 4.19. The summed E-state index contributed by atoms with van der Waals surface area (Å²) in [6.07, 6.45) is 4.25. The predicted molar refractivity (Wildman–Crippen MR) is 46.5 cm³/mol. The maximum Gasteiger partial charge on any atom is 0.00962 e. The average molecular weight is 154 g/mol. The van der Waals surface area contributed by atoms with Gasteiger partial charge in [-0.05, 0) is 45.2 Å². The summed E-state index contributed by atoms with van der Waals surface area (Å²) in [5, 5.41) is 6.82. The average Bonchev–Trinajstić information content (AvgIpc) is 2.60. The van der Waals surface area contributed by atoms with Crippen molar-refractivity contribution in [3.05, 3.63) is 0 Å². The van der Waals surface area contributed by atoms with Gasteiger partial charge >= 0.3 is 0 Å². The number of hydrogen-bond acceptors (Lipinski definition) is 2. The molecule has 2 nitrogen and oxygen atoms in total. The standard InChI is InChI=1S/C9H18N2/c1-10-8-4-7-3-6(8)5-9(7)11-2/h6-11H,3-5H2,1-2H3. The van der Waals surface area contributed by atoms with Crippen LogP contribution in [0.5, 0.6) is 0 Å². The first-order valence-electron chi connectivity index (χ1n) is 4.69. The summed E-state index contributed by atoms with van der Waals surface area (Å²) in [6, 6.07) is 1.65. The minimum atomic E-state index is 0.824. The largest absolute Gasteiger partial charge is 0.317 e. The van der Waals surface area contributed by atoms with E-state index in [0.29, 0.717) is 0 Å². The predicted octanol–water partition coefficient (Wildman–Crippen LogP) is 0.592. The van der Waals surface area contributed by atoms with Crippen LogP contribution in [0.1, 0.15) is 19.3 Å². The van der Waals surface area contributed by atoms with Crippen LogP contribution in [-0.4, -0.2) is 26.2 Å². The molecule has 0 spiro atoms. The van der Waals surface area contributed by atoms with Crippen molar-refractivity contribution in [2.24, 2.45) is 11.8 Å². The lowest BCUT2D eigenvalue weighted by Gasteiger charge is -2.27. The van der Waals surface area contributed by atoms with Crippen molar-refractivity contribution in [2.45, 2.75) is 31.3 Å². The van der Waals surface area contributed by atoms with E-state index in [2.05, 4.69) is 24.7 Å². The lowest BCUT2D eigenvalue weighted by atomic mass is 9.91. The van der Waals surface area contributed by atoms with Crippen molar-refractivity contribution in [2.75, 3.05) is 14.1 Å². The third-order valence-electron chi connectivity index (χ3n) is 3.60. The van der Waals surface area contributed by atoms with Crippen LogP contribution in [0, 0.1) is 11.8 Å². The summed E-state index contributed by atoms with van der Waals surface area (Å²) in [5.41, 5.74) is 0. The Bertz CT molecular complexity index is 130. The molecule has 0 heterocycles. The van der Waals surface area contributed by atoms with Crippen molar-refractivity contribution >= 4 is 0 Å². The first kappa shape index (κ1) is 7.56. The molecule has 0 radical (unpaired) electrons. The Kier molecular flexibility index (Phi) is 1.90. The molecule has 0 aromatic heterocycles. The summed E-state index contributed by atoms with van der Waals surface area (Å²) in [5.74, 6) is 1.92. The molecular formula is C9H18N2. The highest BCUT2D eigenvalue weighted by Crippen LogP contribution is 2.44. The Morgan fingerprint density at radius 2 is 1.27 bits per heavy atom. The fourth-order valence-corrected chi connectivity index (χ4v) is 2.98. The van der Waals surface area contributed by atoms with Crippen LogP contribution in [0.3, 0.4) is 0 Å². The quantitative estimate of drug-likeness (QED) is 0.608. The van der Waals surface area contributed by atoms with Gasteiger partial charge in [-0.15, -0.1) is 0 Å². The van der Waals surface area contributed by atoms with Crippen LogP contribution in [0.25, 0.3) is 0 Å². The van der Waals surface area contributed by atoms with Crippen molar-refractivity contribution in [1.29, 1.82) is 0 Å². The lowest BCUT2D eigenvalue weighted by molar-refractivity contribution is 0.313. The Balaban J connectivity index is 1.97. The third kappa shape index (κ3) is 1.09. The van der Waals surface area contributed by atoms with Gasteiger partial charge in [-0.2, -0.15) is 0 Å². The molecule has 2 aliphatic carbocycles. The van der Waals surface area contributed by atoms with Gasteiger partial charge < -0.3 is 10.6 Å². The smallest absolute Gasteiger partial charge is 0.00962 e. The molecular weight excluding hydrogens is 136 g/mol. The van der Waals surface area contributed by atoms with Gasteiger partial charge in [0, 0.05) is 12.1 Å². The molecule has 0 aromatic rings. The molecule has 4 atom stereocenters. The van der Waals surface area contributed by atoms with E-state index in [1.54, 1.807) is 0 Å². The Morgan fingerprint density at radius 3 is 1.55 bits per heavy atom.